The Bertz CT molecular complexity index is 1350. The van der Waals surface area contributed by atoms with Crippen LogP contribution in [0.2, 0.25) is 0 Å². The van der Waals surface area contributed by atoms with Crippen molar-refractivity contribution in [3.8, 4) is 16.3 Å². The summed E-state index contributed by atoms with van der Waals surface area (Å²) in [4.78, 5) is 15.4. The standard InChI is InChI=1S/C25H25FN2O5S2/c1-33-21-11-18(25(29)30)19(26)12-20(21)28-35(31,32)22-13-34-24(27-22)17-9-7-16(8-10-17)23-14-3-2-4-15(23)6-5-14/h7-15,23,28H,2-6H2,1H3,(H,29,30). The van der Waals surface area contributed by atoms with Crippen molar-refractivity contribution < 1.29 is 27.4 Å². The van der Waals surface area contributed by atoms with Gasteiger partial charge in [-0.25, -0.2) is 14.2 Å². The quantitative estimate of drug-likeness (QED) is 0.414. The minimum absolute atomic E-state index is 0.116. The normalized spacial score (nSPS) is 21.6. The molecule has 2 aliphatic rings. The Balaban J connectivity index is 1.36. The summed E-state index contributed by atoms with van der Waals surface area (Å²) in [6.45, 7) is 0. The second-order valence-electron chi connectivity index (χ2n) is 9.11. The number of nitrogens with zero attached hydrogens (tertiary/aromatic N) is 1. The minimum Gasteiger partial charge on any atom is -0.495 e. The lowest BCUT2D eigenvalue weighted by atomic mass is 9.75. The van der Waals surface area contributed by atoms with Crippen molar-refractivity contribution in [3.05, 3.63) is 58.7 Å². The number of carboxylic acids is 1. The second kappa shape index (κ2) is 9.23. The summed E-state index contributed by atoms with van der Waals surface area (Å²) in [6, 6.07) is 9.99. The van der Waals surface area contributed by atoms with Gasteiger partial charge in [-0.3, -0.25) is 4.72 Å². The molecule has 184 valence electrons. The molecule has 7 nitrogen and oxygen atoms in total. The fraction of sp³-hybridized carbons (Fsp3) is 0.360. The van der Waals surface area contributed by atoms with Crippen LogP contribution in [0.15, 0.2) is 46.8 Å². The second-order valence-corrected chi connectivity index (χ2v) is 11.6. The number of hydrogen-bond donors (Lipinski definition) is 2. The summed E-state index contributed by atoms with van der Waals surface area (Å²) in [6.07, 6.45) is 6.56. The SMILES string of the molecule is COc1cc(C(=O)O)c(F)cc1NS(=O)(=O)c1csc(-c2ccc(C3C4CCCC3CC4)cc2)n1. The van der Waals surface area contributed by atoms with E-state index in [-0.39, 0.29) is 16.5 Å². The Morgan fingerprint density at radius 2 is 1.83 bits per heavy atom. The lowest BCUT2D eigenvalue weighted by Crippen LogP contribution is -2.18. The van der Waals surface area contributed by atoms with E-state index in [0.29, 0.717) is 10.9 Å². The van der Waals surface area contributed by atoms with Crippen molar-refractivity contribution >= 4 is 33.0 Å². The molecule has 2 aromatic carbocycles. The predicted octanol–water partition coefficient (Wildman–Crippen LogP) is 5.75. The van der Waals surface area contributed by atoms with Gasteiger partial charge < -0.3 is 9.84 Å². The topological polar surface area (TPSA) is 106 Å². The van der Waals surface area contributed by atoms with Crippen LogP contribution in [0.3, 0.4) is 0 Å². The number of fused-ring (bicyclic) bond motifs is 2. The Morgan fingerprint density at radius 1 is 1.14 bits per heavy atom. The molecule has 1 heterocycles. The largest absolute Gasteiger partial charge is 0.495 e. The van der Waals surface area contributed by atoms with Crippen molar-refractivity contribution in [2.24, 2.45) is 11.8 Å². The molecule has 2 N–H and O–H groups in total. The van der Waals surface area contributed by atoms with Crippen molar-refractivity contribution in [2.75, 3.05) is 11.8 Å². The number of sulfonamides is 1. The van der Waals surface area contributed by atoms with E-state index in [1.54, 1.807) is 0 Å². The van der Waals surface area contributed by atoms with Gasteiger partial charge in [0.25, 0.3) is 10.0 Å². The molecule has 0 radical (unpaired) electrons. The number of nitrogens with one attached hydrogen (secondary N) is 1. The Labute approximate surface area is 207 Å². The van der Waals surface area contributed by atoms with Gasteiger partial charge in [-0.15, -0.1) is 11.3 Å². The van der Waals surface area contributed by atoms with Gasteiger partial charge in [-0.2, -0.15) is 8.42 Å². The lowest BCUT2D eigenvalue weighted by Gasteiger charge is -2.30. The number of carbonyl (C=O) groups is 1. The maximum Gasteiger partial charge on any atom is 0.338 e. The molecule has 0 aliphatic heterocycles. The molecule has 1 aromatic heterocycles. The highest BCUT2D eigenvalue weighted by molar-refractivity contribution is 7.92. The van der Waals surface area contributed by atoms with Gasteiger partial charge in [0.2, 0.25) is 0 Å². The highest BCUT2D eigenvalue weighted by Gasteiger charge is 2.39. The molecule has 0 saturated heterocycles. The monoisotopic (exact) mass is 516 g/mol. The fourth-order valence-corrected chi connectivity index (χ4v) is 7.69. The van der Waals surface area contributed by atoms with Gasteiger partial charge in [-0.05, 0) is 55.1 Å². The number of aromatic nitrogens is 1. The summed E-state index contributed by atoms with van der Waals surface area (Å²) < 4.78 is 47.3. The number of methoxy groups -OCH3 is 1. The summed E-state index contributed by atoms with van der Waals surface area (Å²) in [5.41, 5.74) is 1.35. The first kappa shape index (κ1) is 23.7. The lowest BCUT2D eigenvalue weighted by molar-refractivity contribution is 0.0691. The van der Waals surface area contributed by atoms with Crippen LogP contribution in [-0.4, -0.2) is 31.6 Å². The zero-order valence-electron chi connectivity index (χ0n) is 19.0. The third-order valence-corrected chi connectivity index (χ3v) is 9.43. The predicted molar refractivity (Wildman–Crippen MR) is 131 cm³/mol. The molecule has 2 fully saturated rings. The van der Waals surface area contributed by atoms with E-state index >= 15 is 0 Å². The van der Waals surface area contributed by atoms with E-state index in [0.717, 1.165) is 29.5 Å². The molecular formula is C25H25FN2O5S2. The van der Waals surface area contributed by atoms with Crippen molar-refractivity contribution in [1.29, 1.82) is 0 Å². The summed E-state index contributed by atoms with van der Waals surface area (Å²) in [7, 11) is -2.92. The number of carboxylic acid groups (broad SMARTS) is 1. The van der Waals surface area contributed by atoms with E-state index in [1.165, 1.54) is 61.5 Å². The van der Waals surface area contributed by atoms with E-state index < -0.39 is 27.4 Å². The van der Waals surface area contributed by atoms with Crippen LogP contribution >= 0.6 is 11.3 Å². The number of thiazole rings is 1. The molecule has 0 spiro atoms. The highest BCUT2D eigenvalue weighted by atomic mass is 32.2. The Kier molecular flexibility index (Phi) is 6.27. The van der Waals surface area contributed by atoms with Crippen LogP contribution < -0.4 is 9.46 Å². The molecule has 2 bridgehead atoms. The Hall–Kier alpha value is -2.98. The number of benzene rings is 2. The van der Waals surface area contributed by atoms with Crippen LogP contribution in [-0.2, 0) is 10.0 Å². The molecule has 35 heavy (non-hydrogen) atoms. The molecule has 2 unspecified atom stereocenters. The van der Waals surface area contributed by atoms with Crippen LogP contribution in [0.25, 0.3) is 10.6 Å². The van der Waals surface area contributed by atoms with Gasteiger partial charge in [0, 0.05) is 17.0 Å². The minimum atomic E-state index is -4.16. The number of halogens is 1. The highest BCUT2D eigenvalue weighted by Crippen LogP contribution is 2.52. The van der Waals surface area contributed by atoms with Crippen molar-refractivity contribution in [2.45, 2.75) is 43.0 Å². The van der Waals surface area contributed by atoms with Gasteiger partial charge in [0.1, 0.15) is 16.6 Å². The number of aromatic carboxylic acids is 1. The van der Waals surface area contributed by atoms with E-state index in [9.17, 15) is 17.6 Å². The third-order valence-electron chi connectivity index (χ3n) is 7.14. The van der Waals surface area contributed by atoms with Crippen LogP contribution in [0.4, 0.5) is 10.1 Å². The van der Waals surface area contributed by atoms with E-state index in [4.69, 9.17) is 9.84 Å². The van der Waals surface area contributed by atoms with E-state index in [1.807, 2.05) is 12.1 Å². The van der Waals surface area contributed by atoms with Crippen molar-refractivity contribution in [1.82, 2.24) is 4.98 Å². The first-order valence-corrected chi connectivity index (χ1v) is 13.8. The average molecular weight is 517 g/mol. The molecule has 2 atom stereocenters. The molecule has 5 rings (SSSR count). The molecule has 2 aliphatic carbocycles. The summed E-state index contributed by atoms with van der Waals surface area (Å²) in [5, 5.41) is 10.8. The Morgan fingerprint density at radius 3 is 2.46 bits per heavy atom. The first-order valence-electron chi connectivity index (χ1n) is 11.5. The summed E-state index contributed by atoms with van der Waals surface area (Å²) in [5.74, 6) is -0.516. The van der Waals surface area contributed by atoms with E-state index in [2.05, 4.69) is 21.8 Å². The average Bonchev–Trinajstić information content (AvgIpc) is 3.42. The van der Waals surface area contributed by atoms with Gasteiger partial charge in [-0.1, -0.05) is 30.7 Å². The third kappa shape index (κ3) is 4.52. The maximum atomic E-state index is 14.2. The number of rotatable bonds is 7. The van der Waals surface area contributed by atoms with Crippen LogP contribution in [0, 0.1) is 17.7 Å². The molecule has 10 heteroatoms. The van der Waals surface area contributed by atoms with Gasteiger partial charge in [0.15, 0.2) is 5.03 Å². The van der Waals surface area contributed by atoms with Crippen LogP contribution in [0.5, 0.6) is 5.75 Å². The van der Waals surface area contributed by atoms with Gasteiger partial charge >= 0.3 is 5.97 Å². The number of anilines is 1. The molecular weight excluding hydrogens is 491 g/mol. The molecule has 2 saturated carbocycles. The smallest absolute Gasteiger partial charge is 0.338 e. The zero-order chi connectivity index (χ0) is 24.7. The number of hydrogen-bond acceptors (Lipinski definition) is 6. The van der Waals surface area contributed by atoms with Crippen molar-refractivity contribution in [3.63, 3.8) is 0 Å². The zero-order valence-corrected chi connectivity index (χ0v) is 20.7. The fourth-order valence-electron chi connectivity index (χ4n) is 5.53. The maximum absolute atomic E-state index is 14.2. The molecule has 0 amide bonds. The molecule has 3 aromatic rings. The number of ether oxygens (including phenoxy) is 1. The summed E-state index contributed by atoms with van der Waals surface area (Å²) >= 11 is 1.20. The first-order chi connectivity index (χ1) is 16.8. The van der Waals surface area contributed by atoms with Crippen LogP contribution in [0.1, 0.15) is 53.9 Å². The van der Waals surface area contributed by atoms with Gasteiger partial charge in [0.05, 0.1) is 18.4 Å².